The fourth-order valence-electron chi connectivity index (χ4n) is 1.59. The molecule has 0 N–H and O–H groups in total. The summed E-state index contributed by atoms with van der Waals surface area (Å²) in [5.41, 5.74) is 1.94. The number of rotatable bonds is 3. The molecule has 0 spiro atoms. The van der Waals surface area contributed by atoms with E-state index < -0.39 is 0 Å². The van der Waals surface area contributed by atoms with Crippen LogP contribution in [0, 0.1) is 6.92 Å². The van der Waals surface area contributed by atoms with Gasteiger partial charge >= 0.3 is 0 Å². The second kappa shape index (κ2) is 5.64. The van der Waals surface area contributed by atoms with Crippen LogP contribution in [0.15, 0.2) is 43.0 Å². The molecule has 90 valence electrons. The van der Waals surface area contributed by atoms with Gasteiger partial charge in [0.25, 0.3) is 0 Å². The summed E-state index contributed by atoms with van der Waals surface area (Å²) in [7, 11) is 1.94. The van der Waals surface area contributed by atoms with E-state index in [2.05, 4.69) is 0 Å². The number of carbonyl (C=O) groups excluding carboxylic acids is 1. The lowest BCUT2D eigenvalue weighted by molar-refractivity contribution is -0.671. The molecule has 0 unspecified atom stereocenters. The monoisotopic (exact) mass is 250 g/mol. The predicted octanol–water partition coefficient (Wildman–Crippen LogP) is -1.49. The zero-order valence-corrected chi connectivity index (χ0v) is 10.7. The molecule has 0 saturated carbocycles. The number of carbonyl (C=O) groups is 1. The molecular weight excluding hydrogens is 236 g/mol. The fraction of sp³-hybridized carbons (Fsp3) is 0.231. The van der Waals surface area contributed by atoms with Gasteiger partial charge in [-0.2, -0.15) is 0 Å². The summed E-state index contributed by atoms with van der Waals surface area (Å²) in [6.07, 6.45) is 5.71. The average molecular weight is 251 g/mol. The molecule has 1 heterocycles. The third-order valence-electron chi connectivity index (χ3n) is 2.52. The van der Waals surface area contributed by atoms with E-state index in [4.69, 9.17) is 0 Å². The zero-order valence-electron chi connectivity index (χ0n) is 9.93. The number of hydrogen-bond donors (Lipinski definition) is 0. The van der Waals surface area contributed by atoms with Crippen LogP contribution in [0.5, 0.6) is 0 Å². The molecule has 17 heavy (non-hydrogen) atoms. The Morgan fingerprint density at radius 3 is 2.47 bits per heavy atom. The number of aromatic nitrogens is 2. The van der Waals surface area contributed by atoms with Crippen molar-refractivity contribution in [3.63, 3.8) is 0 Å². The molecule has 0 amide bonds. The second-order valence-electron chi connectivity index (χ2n) is 4.04. The molecule has 0 saturated heterocycles. The maximum atomic E-state index is 11.9. The predicted molar refractivity (Wildman–Crippen MR) is 61.1 cm³/mol. The van der Waals surface area contributed by atoms with Crippen LogP contribution >= 0.6 is 0 Å². The number of benzene rings is 1. The van der Waals surface area contributed by atoms with Crippen molar-refractivity contribution < 1.29 is 21.8 Å². The number of halogens is 1. The summed E-state index contributed by atoms with van der Waals surface area (Å²) in [6.45, 7) is 2.41. The van der Waals surface area contributed by atoms with Gasteiger partial charge in [0.2, 0.25) is 12.1 Å². The lowest BCUT2D eigenvalue weighted by Gasteiger charge is -1.99. The van der Waals surface area contributed by atoms with Crippen molar-refractivity contribution >= 4 is 5.78 Å². The highest BCUT2D eigenvalue weighted by Gasteiger charge is 2.09. The minimum Gasteiger partial charge on any atom is -1.00 e. The molecule has 2 aromatic rings. The third kappa shape index (κ3) is 3.43. The van der Waals surface area contributed by atoms with Gasteiger partial charge in [-0.15, -0.1) is 0 Å². The zero-order chi connectivity index (χ0) is 11.5. The first-order valence-electron chi connectivity index (χ1n) is 5.26. The highest BCUT2D eigenvalue weighted by atomic mass is 35.5. The van der Waals surface area contributed by atoms with Crippen LogP contribution in [0.3, 0.4) is 0 Å². The van der Waals surface area contributed by atoms with Gasteiger partial charge in [0, 0.05) is 5.56 Å². The number of hydrogen-bond acceptors (Lipinski definition) is 1. The SMILES string of the molecule is Cc1ccc(C(=O)Cn2cc[n+](C)c2)cc1.[Cl-]. The number of Topliss-reactive ketones (excluding diaryl/α,β-unsaturated/α-hetero) is 1. The van der Waals surface area contributed by atoms with E-state index in [1.165, 1.54) is 5.56 Å². The van der Waals surface area contributed by atoms with Crippen molar-refractivity contribution in [2.24, 2.45) is 7.05 Å². The summed E-state index contributed by atoms with van der Waals surface area (Å²) >= 11 is 0. The molecule has 3 nitrogen and oxygen atoms in total. The number of nitrogens with zero attached hydrogens (tertiary/aromatic N) is 2. The number of imidazole rings is 1. The number of ketones is 1. The van der Waals surface area contributed by atoms with Crippen molar-refractivity contribution in [2.75, 3.05) is 0 Å². The van der Waals surface area contributed by atoms with Crippen LogP contribution < -0.4 is 17.0 Å². The van der Waals surface area contributed by atoms with Crippen molar-refractivity contribution in [1.29, 1.82) is 0 Å². The topological polar surface area (TPSA) is 25.9 Å². The fourth-order valence-corrected chi connectivity index (χ4v) is 1.59. The molecule has 0 aliphatic heterocycles. The Morgan fingerprint density at radius 1 is 1.29 bits per heavy atom. The van der Waals surface area contributed by atoms with Crippen LogP contribution in [0.1, 0.15) is 15.9 Å². The van der Waals surface area contributed by atoms with E-state index in [1.54, 1.807) is 0 Å². The maximum absolute atomic E-state index is 11.9. The number of aryl methyl sites for hydroxylation is 2. The Bertz CT molecular complexity index is 502. The minimum absolute atomic E-state index is 0. The highest BCUT2D eigenvalue weighted by Crippen LogP contribution is 2.05. The summed E-state index contributed by atoms with van der Waals surface area (Å²) in [5, 5.41) is 0. The van der Waals surface area contributed by atoms with E-state index in [-0.39, 0.29) is 18.2 Å². The van der Waals surface area contributed by atoms with Crippen LogP contribution in [0.25, 0.3) is 0 Å². The van der Waals surface area contributed by atoms with Crippen molar-refractivity contribution in [3.05, 3.63) is 54.1 Å². The van der Waals surface area contributed by atoms with Gasteiger partial charge in [0.15, 0.2) is 6.54 Å². The first kappa shape index (κ1) is 13.5. The highest BCUT2D eigenvalue weighted by molar-refractivity contribution is 5.95. The van der Waals surface area contributed by atoms with E-state index in [9.17, 15) is 4.79 Å². The van der Waals surface area contributed by atoms with Crippen LogP contribution in [0.2, 0.25) is 0 Å². The molecule has 4 heteroatoms. The van der Waals surface area contributed by atoms with Crippen molar-refractivity contribution in [2.45, 2.75) is 13.5 Å². The average Bonchev–Trinajstić information content (AvgIpc) is 2.65. The largest absolute Gasteiger partial charge is 1.00 e. The molecule has 1 aromatic heterocycles. The van der Waals surface area contributed by atoms with E-state index in [0.717, 1.165) is 5.56 Å². The minimum atomic E-state index is 0. The third-order valence-corrected chi connectivity index (χ3v) is 2.52. The Balaban J connectivity index is 0.00000144. The van der Waals surface area contributed by atoms with Gasteiger partial charge < -0.3 is 12.4 Å². The standard InChI is InChI=1S/C13H15N2O.ClH/c1-11-3-5-12(6-4-11)13(16)9-15-8-7-14(2)10-15;/h3-8,10H,9H2,1-2H3;1H/q+1;/p-1. The van der Waals surface area contributed by atoms with Crippen molar-refractivity contribution in [3.8, 4) is 0 Å². The molecular formula is C13H15ClN2O. The van der Waals surface area contributed by atoms with Gasteiger partial charge in [0.1, 0.15) is 12.4 Å². The Kier molecular flexibility index (Phi) is 4.46. The Morgan fingerprint density at radius 2 is 1.94 bits per heavy atom. The van der Waals surface area contributed by atoms with Crippen LogP contribution in [-0.2, 0) is 13.6 Å². The first-order valence-corrected chi connectivity index (χ1v) is 5.26. The lowest BCUT2D eigenvalue weighted by atomic mass is 10.1. The quantitative estimate of drug-likeness (QED) is 0.482. The Labute approximate surface area is 107 Å². The summed E-state index contributed by atoms with van der Waals surface area (Å²) in [4.78, 5) is 11.9. The molecule has 1 aromatic carbocycles. The maximum Gasteiger partial charge on any atom is 0.243 e. The van der Waals surface area contributed by atoms with E-state index in [0.29, 0.717) is 6.54 Å². The summed E-state index contributed by atoms with van der Waals surface area (Å²) in [6, 6.07) is 7.67. The van der Waals surface area contributed by atoms with Crippen LogP contribution in [0.4, 0.5) is 0 Å². The van der Waals surface area contributed by atoms with Crippen molar-refractivity contribution in [1.82, 2.24) is 4.57 Å². The smallest absolute Gasteiger partial charge is 0.243 e. The Hall–Kier alpha value is -1.61. The molecule has 0 aliphatic rings. The molecule has 2 rings (SSSR count). The first-order chi connectivity index (χ1) is 7.65. The molecule has 0 atom stereocenters. The lowest BCUT2D eigenvalue weighted by Crippen LogP contribution is -3.00. The van der Waals surface area contributed by atoms with Gasteiger partial charge in [-0.05, 0) is 6.92 Å². The van der Waals surface area contributed by atoms with Gasteiger partial charge in [-0.25, -0.2) is 9.13 Å². The van der Waals surface area contributed by atoms with Gasteiger partial charge in [-0.3, -0.25) is 4.79 Å². The second-order valence-corrected chi connectivity index (χ2v) is 4.04. The molecule has 0 radical (unpaired) electrons. The van der Waals surface area contributed by atoms with E-state index >= 15 is 0 Å². The summed E-state index contributed by atoms with van der Waals surface area (Å²) < 4.78 is 3.80. The van der Waals surface area contributed by atoms with E-state index in [1.807, 2.05) is 66.1 Å². The van der Waals surface area contributed by atoms with Crippen LogP contribution in [-0.4, -0.2) is 10.4 Å². The molecule has 0 bridgehead atoms. The normalized spacial score (nSPS) is 9.76. The molecule has 0 fully saturated rings. The van der Waals surface area contributed by atoms with Gasteiger partial charge in [-0.1, -0.05) is 29.8 Å². The molecule has 0 aliphatic carbocycles. The summed E-state index contributed by atoms with van der Waals surface area (Å²) in [5.74, 6) is 0.135. The van der Waals surface area contributed by atoms with Gasteiger partial charge in [0.05, 0.1) is 7.05 Å².